The van der Waals surface area contributed by atoms with Gasteiger partial charge in [-0.15, -0.1) is 0 Å². The molecule has 5 heteroatoms. The second kappa shape index (κ2) is 4.96. The van der Waals surface area contributed by atoms with Gasteiger partial charge in [-0.1, -0.05) is 30.3 Å². The molecule has 3 heterocycles. The van der Waals surface area contributed by atoms with Crippen LogP contribution in [0.5, 0.6) is 0 Å². The lowest BCUT2D eigenvalue weighted by molar-refractivity contribution is -0.119. The SMILES string of the molecule is Cc1cccc(N2C(=O)[C@@H]3Cc4c([nH]c5ccccc45)CN3C2=O)c1. The number of amides is 3. The molecule has 0 spiro atoms. The first-order chi connectivity index (χ1) is 12.1. The van der Waals surface area contributed by atoms with Crippen molar-refractivity contribution in [1.29, 1.82) is 0 Å². The number of hydrogen-bond donors (Lipinski definition) is 1. The van der Waals surface area contributed by atoms with Crippen molar-refractivity contribution in [3.05, 3.63) is 65.4 Å². The Labute approximate surface area is 144 Å². The summed E-state index contributed by atoms with van der Waals surface area (Å²) in [4.78, 5) is 32.3. The smallest absolute Gasteiger partial charge is 0.332 e. The molecular weight excluding hydrogens is 314 g/mol. The number of para-hydroxylation sites is 1. The quantitative estimate of drug-likeness (QED) is 0.695. The van der Waals surface area contributed by atoms with Crippen molar-refractivity contribution in [2.45, 2.75) is 25.9 Å². The topological polar surface area (TPSA) is 56.4 Å². The predicted octanol–water partition coefficient (Wildman–Crippen LogP) is 3.37. The molecule has 1 fully saturated rings. The van der Waals surface area contributed by atoms with Crippen LogP contribution in [-0.2, 0) is 17.8 Å². The fraction of sp³-hybridized carbons (Fsp3) is 0.200. The zero-order chi connectivity index (χ0) is 17.1. The number of carbonyl (C=O) groups is 2. The van der Waals surface area contributed by atoms with Crippen LogP contribution in [0.4, 0.5) is 10.5 Å². The van der Waals surface area contributed by atoms with Crippen molar-refractivity contribution in [3.63, 3.8) is 0 Å². The molecule has 5 rings (SSSR count). The summed E-state index contributed by atoms with van der Waals surface area (Å²) in [5.41, 5.74) is 4.93. The van der Waals surface area contributed by atoms with Gasteiger partial charge in [0.15, 0.2) is 0 Å². The lowest BCUT2D eigenvalue weighted by Crippen LogP contribution is -2.39. The van der Waals surface area contributed by atoms with Gasteiger partial charge in [0.25, 0.3) is 5.91 Å². The van der Waals surface area contributed by atoms with Crippen molar-refractivity contribution in [3.8, 4) is 0 Å². The van der Waals surface area contributed by atoms with Gasteiger partial charge in [-0.3, -0.25) is 4.79 Å². The number of H-pyrrole nitrogens is 1. The van der Waals surface area contributed by atoms with Gasteiger partial charge in [0.05, 0.1) is 12.2 Å². The first-order valence-electron chi connectivity index (χ1n) is 8.43. The monoisotopic (exact) mass is 331 g/mol. The normalized spacial score (nSPS) is 19.5. The highest BCUT2D eigenvalue weighted by Gasteiger charge is 2.48. The van der Waals surface area contributed by atoms with Crippen LogP contribution in [-0.4, -0.2) is 27.9 Å². The van der Waals surface area contributed by atoms with Gasteiger partial charge in [0, 0.05) is 23.0 Å². The molecule has 3 aromatic rings. The maximum Gasteiger partial charge on any atom is 0.332 e. The molecule has 1 aromatic heterocycles. The van der Waals surface area contributed by atoms with Gasteiger partial charge in [0.2, 0.25) is 0 Å². The summed E-state index contributed by atoms with van der Waals surface area (Å²) < 4.78 is 0. The summed E-state index contributed by atoms with van der Waals surface area (Å²) in [5, 5.41) is 1.14. The third-order valence-corrected chi connectivity index (χ3v) is 5.21. The number of carbonyl (C=O) groups excluding carboxylic acids is 2. The number of nitrogens with zero attached hydrogens (tertiary/aromatic N) is 2. The minimum absolute atomic E-state index is 0.133. The maximum atomic E-state index is 13.0. The van der Waals surface area contributed by atoms with E-state index in [0.717, 1.165) is 27.7 Å². The minimum Gasteiger partial charge on any atom is -0.357 e. The Hall–Kier alpha value is -3.08. The molecule has 124 valence electrons. The Morgan fingerprint density at radius 1 is 1.08 bits per heavy atom. The molecule has 0 saturated carbocycles. The predicted molar refractivity (Wildman–Crippen MR) is 95.4 cm³/mol. The van der Waals surface area contributed by atoms with E-state index in [4.69, 9.17) is 0 Å². The lowest BCUT2D eigenvalue weighted by atomic mass is 9.97. The Bertz CT molecular complexity index is 1040. The van der Waals surface area contributed by atoms with Crippen LogP contribution in [0.25, 0.3) is 10.9 Å². The average Bonchev–Trinajstić information content (AvgIpc) is 3.09. The van der Waals surface area contributed by atoms with Crippen molar-refractivity contribution in [1.82, 2.24) is 9.88 Å². The maximum absolute atomic E-state index is 13.0. The van der Waals surface area contributed by atoms with Crippen molar-refractivity contribution in [2.24, 2.45) is 0 Å². The number of aromatic amines is 1. The molecule has 0 bridgehead atoms. The third kappa shape index (κ3) is 1.95. The Morgan fingerprint density at radius 2 is 1.92 bits per heavy atom. The van der Waals surface area contributed by atoms with E-state index < -0.39 is 6.04 Å². The van der Waals surface area contributed by atoms with E-state index in [0.29, 0.717) is 18.7 Å². The lowest BCUT2D eigenvalue weighted by Gasteiger charge is -2.26. The molecule has 25 heavy (non-hydrogen) atoms. The number of hydrogen-bond acceptors (Lipinski definition) is 2. The van der Waals surface area contributed by atoms with Gasteiger partial charge in [-0.25, -0.2) is 9.69 Å². The van der Waals surface area contributed by atoms with Gasteiger partial charge < -0.3 is 9.88 Å². The van der Waals surface area contributed by atoms with Crippen LogP contribution < -0.4 is 4.90 Å². The van der Waals surface area contributed by atoms with Crippen LogP contribution in [0.3, 0.4) is 0 Å². The number of benzene rings is 2. The Balaban J connectivity index is 1.57. The zero-order valence-corrected chi connectivity index (χ0v) is 13.8. The number of aromatic nitrogens is 1. The second-order valence-corrected chi connectivity index (χ2v) is 6.77. The van der Waals surface area contributed by atoms with Crippen LogP contribution in [0.15, 0.2) is 48.5 Å². The fourth-order valence-corrected chi connectivity index (χ4v) is 4.01. The van der Waals surface area contributed by atoms with E-state index in [-0.39, 0.29) is 11.9 Å². The highest BCUT2D eigenvalue weighted by atomic mass is 16.2. The van der Waals surface area contributed by atoms with Crippen LogP contribution in [0.1, 0.15) is 16.8 Å². The first-order valence-corrected chi connectivity index (χ1v) is 8.43. The number of urea groups is 1. The number of anilines is 1. The molecular formula is C20H17N3O2. The summed E-state index contributed by atoms with van der Waals surface area (Å²) in [6.45, 7) is 2.40. The second-order valence-electron chi connectivity index (χ2n) is 6.77. The highest BCUT2D eigenvalue weighted by molar-refractivity contribution is 6.21. The molecule has 2 aliphatic heterocycles. The number of imide groups is 1. The van der Waals surface area contributed by atoms with Gasteiger partial charge in [0.1, 0.15) is 6.04 Å². The van der Waals surface area contributed by atoms with Gasteiger partial charge >= 0.3 is 6.03 Å². The number of fused-ring (bicyclic) bond motifs is 4. The molecule has 1 saturated heterocycles. The van der Waals surface area contributed by atoms with Crippen molar-refractivity contribution in [2.75, 3.05) is 4.90 Å². The third-order valence-electron chi connectivity index (χ3n) is 5.21. The number of aryl methyl sites for hydroxylation is 1. The van der Waals surface area contributed by atoms with Gasteiger partial charge in [-0.2, -0.15) is 0 Å². The standard InChI is InChI=1S/C20H17N3O2/c1-12-5-4-6-13(9-12)23-19(24)18-10-15-14-7-2-3-8-16(14)21-17(15)11-22(18)20(23)25/h2-9,18,21H,10-11H2,1H3/t18-/m0/s1. The van der Waals surface area contributed by atoms with E-state index in [1.54, 1.807) is 4.90 Å². The molecule has 2 aliphatic rings. The molecule has 1 N–H and O–H groups in total. The Morgan fingerprint density at radius 3 is 2.76 bits per heavy atom. The number of nitrogens with one attached hydrogen (secondary N) is 1. The summed E-state index contributed by atoms with van der Waals surface area (Å²) >= 11 is 0. The summed E-state index contributed by atoms with van der Waals surface area (Å²) in [6, 6.07) is 15.0. The molecule has 0 radical (unpaired) electrons. The van der Waals surface area contributed by atoms with Crippen LogP contribution >= 0.6 is 0 Å². The summed E-state index contributed by atoms with van der Waals surface area (Å²) in [7, 11) is 0. The van der Waals surface area contributed by atoms with E-state index in [9.17, 15) is 9.59 Å². The van der Waals surface area contributed by atoms with E-state index in [2.05, 4.69) is 11.1 Å². The van der Waals surface area contributed by atoms with Crippen LogP contribution in [0, 0.1) is 6.92 Å². The van der Waals surface area contributed by atoms with E-state index >= 15 is 0 Å². The van der Waals surface area contributed by atoms with E-state index in [1.807, 2.05) is 49.4 Å². The molecule has 0 unspecified atom stereocenters. The molecule has 1 atom stereocenters. The highest BCUT2D eigenvalue weighted by Crippen LogP contribution is 2.36. The summed E-state index contributed by atoms with van der Waals surface area (Å²) in [5.74, 6) is -0.133. The average molecular weight is 331 g/mol. The molecule has 0 aliphatic carbocycles. The molecule has 5 nitrogen and oxygen atoms in total. The largest absolute Gasteiger partial charge is 0.357 e. The Kier molecular flexibility index (Phi) is 2.83. The van der Waals surface area contributed by atoms with E-state index in [1.165, 1.54) is 4.90 Å². The van der Waals surface area contributed by atoms with Crippen molar-refractivity contribution < 1.29 is 9.59 Å². The fourth-order valence-electron chi connectivity index (χ4n) is 4.01. The number of rotatable bonds is 1. The molecule has 3 amide bonds. The zero-order valence-electron chi connectivity index (χ0n) is 13.8. The minimum atomic E-state index is -0.417. The van der Waals surface area contributed by atoms with Gasteiger partial charge in [-0.05, 0) is 36.2 Å². The van der Waals surface area contributed by atoms with Crippen LogP contribution in [0.2, 0.25) is 0 Å². The summed E-state index contributed by atoms with van der Waals surface area (Å²) in [6.07, 6.45) is 0.562. The molecule has 2 aromatic carbocycles. The first kappa shape index (κ1) is 14.3. The van der Waals surface area contributed by atoms with Crippen molar-refractivity contribution >= 4 is 28.5 Å².